The molecule has 1 aromatic rings. The smallest absolute Gasteiger partial charge is 0.351 e. The Hall–Kier alpha value is -3.20. The van der Waals surface area contributed by atoms with Crippen LogP contribution in [0.4, 0.5) is 8.78 Å². The number of halogens is 2. The summed E-state index contributed by atoms with van der Waals surface area (Å²) in [6, 6.07) is 6.77. The van der Waals surface area contributed by atoms with Crippen molar-refractivity contribution >= 4 is 23.5 Å². The zero-order chi connectivity index (χ0) is 30.8. The fourth-order valence-corrected chi connectivity index (χ4v) is 8.53. The number of aliphatic hydroxyl groups excluding tert-OH is 1. The van der Waals surface area contributed by atoms with E-state index >= 15 is 8.78 Å². The van der Waals surface area contributed by atoms with Crippen molar-refractivity contribution < 1.29 is 42.5 Å². The van der Waals surface area contributed by atoms with E-state index in [1.807, 2.05) is 6.92 Å². The van der Waals surface area contributed by atoms with Crippen LogP contribution in [-0.4, -0.2) is 58.8 Å². The first-order chi connectivity index (χ1) is 19.7. The van der Waals surface area contributed by atoms with E-state index in [4.69, 9.17) is 9.47 Å². The number of benzene rings is 1. The SMILES string of the molecule is CCC(=O)O[C@]1(C(=O)OCC(=O)c2ccc(C)cc2)[C@H](C)C[C@H]2[C@@H]3C[C@H](F)C4=CC(=O)C=C[C@]4(C)[C@@]3(F)[C@@H](O)C[C@@]21C. The lowest BCUT2D eigenvalue weighted by Crippen LogP contribution is -2.71. The second-order valence-electron chi connectivity index (χ2n) is 12.9. The average Bonchev–Trinajstić information content (AvgIpc) is 3.16. The number of Topliss-reactive ketones (excluding diaryl/α,β-unsaturated/α-hetero) is 1. The molecule has 4 aliphatic rings. The minimum atomic E-state index is -2.35. The maximum Gasteiger partial charge on any atom is 0.351 e. The highest BCUT2D eigenvalue weighted by atomic mass is 19.1. The fourth-order valence-electron chi connectivity index (χ4n) is 8.53. The van der Waals surface area contributed by atoms with Gasteiger partial charge in [-0.1, -0.05) is 56.7 Å². The Morgan fingerprint density at radius 2 is 1.76 bits per heavy atom. The number of ketones is 2. The zero-order valence-electron chi connectivity index (χ0n) is 24.6. The van der Waals surface area contributed by atoms with Crippen molar-refractivity contribution in [3.05, 3.63) is 59.2 Å². The summed E-state index contributed by atoms with van der Waals surface area (Å²) in [5.74, 6) is -4.95. The first-order valence-corrected chi connectivity index (χ1v) is 14.6. The fraction of sp³-hybridized carbons (Fsp3) is 0.576. The molecule has 0 amide bonds. The summed E-state index contributed by atoms with van der Waals surface area (Å²) in [6.07, 6.45) is -0.101. The molecule has 0 heterocycles. The minimum Gasteiger partial charge on any atom is -0.454 e. The van der Waals surface area contributed by atoms with Gasteiger partial charge in [0.15, 0.2) is 23.8 Å². The number of hydrogen-bond acceptors (Lipinski definition) is 7. The van der Waals surface area contributed by atoms with Gasteiger partial charge in [-0.25, -0.2) is 13.6 Å². The van der Waals surface area contributed by atoms with Crippen molar-refractivity contribution in [3.63, 3.8) is 0 Å². The number of alkyl halides is 2. The molecule has 3 saturated carbocycles. The molecular weight excluding hydrogens is 546 g/mol. The average molecular weight is 585 g/mol. The van der Waals surface area contributed by atoms with Gasteiger partial charge in [-0.05, 0) is 56.8 Å². The summed E-state index contributed by atoms with van der Waals surface area (Å²) in [5, 5.41) is 11.6. The Bertz CT molecular complexity index is 1380. The van der Waals surface area contributed by atoms with Crippen LogP contribution < -0.4 is 0 Å². The minimum absolute atomic E-state index is 0.000139. The summed E-state index contributed by atoms with van der Waals surface area (Å²) < 4.78 is 44.8. The number of carbonyl (C=O) groups excluding carboxylic acids is 4. The van der Waals surface area contributed by atoms with Crippen LogP contribution in [-0.2, 0) is 23.9 Å². The maximum absolute atomic E-state index is 17.5. The lowest BCUT2D eigenvalue weighted by molar-refractivity contribution is -0.238. The number of hydrogen-bond donors (Lipinski definition) is 1. The van der Waals surface area contributed by atoms with E-state index < -0.39 is 82.2 Å². The highest BCUT2D eigenvalue weighted by Crippen LogP contribution is 2.71. The quantitative estimate of drug-likeness (QED) is 0.371. The van der Waals surface area contributed by atoms with Crippen LogP contribution >= 0.6 is 0 Å². The number of ether oxygens (including phenoxy) is 2. The van der Waals surface area contributed by atoms with Crippen molar-refractivity contribution in [3.8, 4) is 0 Å². The third kappa shape index (κ3) is 4.06. The lowest BCUT2D eigenvalue weighted by Gasteiger charge is -2.63. The van der Waals surface area contributed by atoms with Crippen LogP contribution in [0.3, 0.4) is 0 Å². The van der Waals surface area contributed by atoms with Gasteiger partial charge in [-0.2, -0.15) is 0 Å². The molecule has 0 bridgehead atoms. The van der Waals surface area contributed by atoms with Gasteiger partial charge in [0.1, 0.15) is 6.17 Å². The monoisotopic (exact) mass is 584 g/mol. The molecule has 0 radical (unpaired) electrons. The van der Waals surface area contributed by atoms with Crippen molar-refractivity contribution in [1.29, 1.82) is 0 Å². The van der Waals surface area contributed by atoms with E-state index in [1.165, 1.54) is 19.1 Å². The van der Waals surface area contributed by atoms with Gasteiger partial charge in [-0.3, -0.25) is 14.4 Å². The van der Waals surface area contributed by atoms with Crippen LogP contribution in [0.1, 0.15) is 69.3 Å². The molecule has 0 aliphatic heterocycles. The summed E-state index contributed by atoms with van der Waals surface area (Å²) in [4.78, 5) is 51.9. The molecule has 3 fully saturated rings. The number of fused-ring (bicyclic) bond motifs is 5. The van der Waals surface area contributed by atoms with E-state index in [-0.39, 0.29) is 31.3 Å². The summed E-state index contributed by atoms with van der Waals surface area (Å²) in [6.45, 7) is 7.71. The lowest BCUT2D eigenvalue weighted by atomic mass is 9.44. The molecule has 9 heteroatoms. The van der Waals surface area contributed by atoms with Gasteiger partial charge in [0.2, 0.25) is 5.60 Å². The van der Waals surface area contributed by atoms with Crippen molar-refractivity contribution in [2.45, 2.75) is 83.8 Å². The van der Waals surface area contributed by atoms with Gasteiger partial charge in [0.25, 0.3) is 0 Å². The molecule has 0 unspecified atom stereocenters. The Labute approximate surface area is 244 Å². The van der Waals surface area contributed by atoms with Gasteiger partial charge in [0.05, 0.1) is 6.10 Å². The van der Waals surface area contributed by atoms with E-state index in [2.05, 4.69) is 0 Å². The second kappa shape index (κ2) is 10.2. The molecule has 5 rings (SSSR count). The topological polar surface area (TPSA) is 107 Å². The van der Waals surface area contributed by atoms with Gasteiger partial charge in [0, 0.05) is 34.7 Å². The van der Waals surface area contributed by atoms with Crippen LogP contribution in [0.5, 0.6) is 0 Å². The summed E-state index contributed by atoms with van der Waals surface area (Å²) >= 11 is 0. The maximum atomic E-state index is 17.5. The Kier molecular flexibility index (Phi) is 7.36. The first-order valence-electron chi connectivity index (χ1n) is 14.6. The van der Waals surface area contributed by atoms with Gasteiger partial charge < -0.3 is 14.6 Å². The molecule has 4 aliphatic carbocycles. The number of allylic oxidation sites excluding steroid dienone is 4. The molecule has 0 spiro atoms. The van der Waals surface area contributed by atoms with Crippen LogP contribution in [0.2, 0.25) is 0 Å². The van der Waals surface area contributed by atoms with Crippen molar-refractivity contribution in [2.24, 2.45) is 28.6 Å². The second-order valence-corrected chi connectivity index (χ2v) is 12.9. The summed E-state index contributed by atoms with van der Waals surface area (Å²) in [7, 11) is 0. The number of aryl methyl sites for hydroxylation is 1. The standard InChI is InChI=1S/C33H38F2O7/c1-6-28(39)42-33(29(40)41-17-26(37)20-9-7-18(2)8-10-20)19(3)13-22-23-15-25(34)24-14-21(36)11-12-30(24,4)32(23,35)27(38)16-31(22,33)5/h7-12,14,19,22-23,25,27,38H,6,13,15-17H2,1-5H3/t19-,22+,23+,25+,27+,30+,31+,32+,33+/m1/s1. The highest BCUT2D eigenvalue weighted by Gasteiger charge is 2.78. The number of rotatable bonds is 6. The molecule has 42 heavy (non-hydrogen) atoms. The molecular formula is C33H38F2O7. The molecule has 1 aromatic carbocycles. The molecule has 0 saturated heterocycles. The Morgan fingerprint density at radius 3 is 2.40 bits per heavy atom. The Balaban J connectivity index is 1.54. The van der Waals surface area contributed by atoms with E-state index in [1.54, 1.807) is 45.0 Å². The van der Waals surface area contributed by atoms with Gasteiger partial charge >= 0.3 is 11.9 Å². The van der Waals surface area contributed by atoms with E-state index in [0.29, 0.717) is 5.56 Å². The molecule has 9 atom stereocenters. The number of aliphatic hydroxyl groups is 1. The molecule has 226 valence electrons. The molecule has 7 nitrogen and oxygen atoms in total. The van der Waals surface area contributed by atoms with Crippen LogP contribution in [0.15, 0.2) is 48.1 Å². The first kappa shape index (κ1) is 30.3. The van der Waals surface area contributed by atoms with Crippen molar-refractivity contribution in [1.82, 2.24) is 0 Å². The Morgan fingerprint density at radius 1 is 1.10 bits per heavy atom. The number of carbonyl (C=O) groups is 4. The third-order valence-electron chi connectivity index (χ3n) is 10.7. The zero-order valence-corrected chi connectivity index (χ0v) is 24.6. The third-order valence-corrected chi connectivity index (χ3v) is 10.7. The highest BCUT2D eigenvalue weighted by molar-refractivity contribution is 6.01. The van der Waals surface area contributed by atoms with E-state index in [0.717, 1.165) is 11.6 Å². The normalized spacial score (nSPS) is 40.3. The molecule has 1 N–H and O–H groups in total. The summed E-state index contributed by atoms with van der Waals surface area (Å²) in [5.41, 5.74) is -5.91. The predicted octanol–water partition coefficient (Wildman–Crippen LogP) is 4.98. The number of esters is 2. The predicted molar refractivity (Wildman–Crippen MR) is 149 cm³/mol. The van der Waals surface area contributed by atoms with Crippen LogP contribution in [0.25, 0.3) is 0 Å². The van der Waals surface area contributed by atoms with E-state index in [9.17, 15) is 24.3 Å². The molecule has 0 aromatic heterocycles. The largest absolute Gasteiger partial charge is 0.454 e. The van der Waals surface area contributed by atoms with Crippen LogP contribution in [0, 0.1) is 35.5 Å². The van der Waals surface area contributed by atoms with Crippen molar-refractivity contribution in [2.75, 3.05) is 6.61 Å². The van der Waals surface area contributed by atoms with Gasteiger partial charge in [-0.15, -0.1) is 0 Å².